The third-order valence-corrected chi connectivity index (χ3v) is 7.36. The van der Waals surface area contributed by atoms with Gasteiger partial charge in [-0.1, -0.05) is 48.2 Å². The fraction of sp³-hybridized carbons (Fsp3) is 0.207. The molecular weight excluding hydrogens is 533 g/mol. The second-order valence-corrected chi connectivity index (χ2v) is 9.82. The lowest BCUT2D eigenvalue weighted by Crippen LogP contribution is -2.31. The maximum Gasteiger partial charge on any atom is 0.255 e. The maximum atomic E-state index is 14.2. The first-order valence-electron chi connectivity index (χ1n) is 12.4. The number of methoxy groups -OCH3 is 3. The Bertz CT molecular complexity index is 1590. The van der Waals surface area contributed by atoms with Crippen LogP contribution >= 0.6 is 11.8 Å². The van der Waals surface area contributed by atoms with E-state index in [-0.39, 0.29) is 11.7 Å². The zero-order valence-electron chi connectivity index (χ0n) is 22.4. The van der Waals surface area contributed by atoms with E-state index in [1.54, 1.807) is 62.4 Å². The van der Waals surface area contributed by atoms with E-state index in [4.69, 9.17) is 19.3 Å². The van der Waals surface area contributed by atoms with Crippen LogP contribution < -0.4 is 24.8 Å². The molecule has 1 aliphatic rings. The monoisotopic (exact) mass is 561 g/mol. The summed E-state index contributed by atoms with van der Waals surface area (Å²) in [7, 11) is 4.66. The van der Waals surface area contributed by atoms with Gasteiger partial charge in [0, 0.05) is 11.4 Å². The van der Waals surface area contributed by atoms with Crippen molar-refractivity contribution in [2.24, 2.45) is 0 Å². The molecule has 4 aromatic rings. The van der Waals surface area contributed by atoms with Crippen LogP contribution in [0.5, 0.6) is 17.2 Å². The first-order chi connectivity index (χ1) is 19.4. The van der Waals surface area contributed by atoms with Gasteiger partial charge in [0.1, 0.15) is 17.6 Å². The summed E-state index contributed by atoms with van der Waals surface area (Å²) in [4.78, 5) is 18.5. The van der Waals surface area contributed by atoms with E-state index in [1.807, 2.05) is 31.2 Å². The molecule has 2 heterocycles. The van der Waals surface area contributed by atoms with Gasteiger partial charge in [-0.05, 0) is 48.4 Å². The molecule has 206 valence electrons. The average Bonchev–Trinajstić information content (AvgIpc) is 3.38. The molecular formula is C29H28FN5O4S. The number of thioether (sulfide) groups is 1. The molecule has 3 aromatic carbocycles. The van der Waals surface area contributed by atoms with Crippen LogP contribution in [0.2, 0.25) is 0 Å². The molecule has 0 spiro atoms. The third-order valence-electron chi connectivity index (χ3n) is 6.47. The van der Waals surface area contributed by atoms with Crippen LogP contribution in [-0.4, -0.2) is 42.0 Å². The lowest BCUT2D eigenvalue weighted by molar-refractivity contribution is -0.113. The molecule has 2 N–H and O–H groups in total. The number of hydrogen-bond donors (Lipinski definition) is 2. The molecule has 0 saturated heterocycles. The highest BCUT2D eigenvalue weighted by atomic mass is 32.2. The fourth-order valence-electron chi connectivity index (χ4n) is 4.51. The van der Waals surface area contributed by atoms with Crippen molar-refractivity contribution in [2.75, 3.05) is 32.0 Å². The van der Waals surface area contributed by atoms with E-state index in [0.717, 1.165) is 5.56 Å². The van der Waals surface area contributed by atoms with Crippen molar-refractivity contribution < 1.29 is 23.4 Å². The third kappa shape index (κ3) is 5.32. The average molecular weight is 562 g/mol. The van der Waals surface area contributed by atoms with Crippen LogP contribution in [0, 0.1) is 5.82 Å². The Balaban J connectivity index is 1.54. The maximum absolute atomic E-state index is 14.2. The van der Waals surface area contributed by atoms with Gasteiger partial charge in [-0.25, -0.2) is 9.07 Å². The molecule has 1 unspecified atom stereocenters. The molecule has 1 atom stereocenters. The topological polar surface area (TPSA) is 99.5 Å². The van der Waals surface area contributed by atoms with Crippen molar-refractivity contribution in [3.63, 3.8) is 0 Å². The minimum Gasteiger partial charge on any atom is -0.495 e. The number of fused-ring (bicyclic) bond motifs is 1. The smallest absolute Gasteiger partial charge is 0.255 e. The standard InChI is InChI=1S/C29H28FN5O4S/c1-17-25(27(36)32-21-11-7-8-12-22(21)37-2)26(18-13-14-23(38-3)24(15-18)39-4)35-28(31-17)33-29(34-35)40-16-19-9-5-6-10-20(19)30/h5-15,26H,16H2,1-4H3,(H,32,36)(H,31,33,34). The van der Waals surface area contributed by atoms with E-state index in [2.05, 4.69) is 15.6 Å². The fourth-order valence-corrected chi connectivity index (χ4v) is 5.33. The highest BCUT2D eigenvalue weighted by molar-refractivity contribution is 7.98. The van der Waals surface area contributed by atoms with Gasteiger partial charge in [-0.15, -0.1) is 5.10 Å². The van der Waals surface area contributed by atoms with Crippen LogP contribution in [-0.2, 0) is 10.5 Å². The van der Waals surface area contributed by atoms with E-state index >= 15 is 0 Å². The number of aromatic nitrogens is 3. The molecule has 5 rings (SSSR count). The summed E-state index contributed by atoms with van der Waals surface area (Å²) >= 11 is 1.31. The van der Waals surface area contributed by atoms with Gasteiger partial charge in [-0.3, -0.25) is 4.79 Å². The number of allylic oxidation sites excluding steroid dienone is 1. The van der Waals surface area contributed by atoms with E-state index in [0.29, 0.717) is 56.6 Å². The Morgan fingerprint density at radius 3 is 2.48 bits per heavy atom. The zero-order valence-corrected chi connectivity index (χ0v) is 23.2. The summed E-state index contributed by atoms with van der Waals surface area (Å²) in [5.74, 6) is 1.79. The largest absolute Gasteiger partial charge is 0.495 e. The van der Waals surface area contributed by atoms with E-state index < -0.39 is 6.04 Å². The molecule has 1 aliphatic heterocycles. The second kappa shape index (κ2) is 11.7. The molecule has 0 saturated carbocycles. The van der Waals surface area contributed by atoms with E-state index in [1.165, 1.54) is 17.8 Å². The predicted octanol–water partition coefficient (Wildman–Crippen LogP) is 5.66. The Morgan fingerprint density at radius 1 is 1.00 bits per heavy atom. The van der Waals surface area contributed by atoms with E-state index in [9.17, 15) is 9.18 Å². The number of nitrogens with zero attached hydrogens (tertiary/aromatic N) is 3. The molecule has 1 amide bonds. The van der Waals surface area contributed by atoms with Gasteiger partial charge in [-0.2, -0.15) is 4.98 Å². The highest BCUT2D eigenvalue weighted by Crippen LogP contribution is 2.40. The number of amides is 1. The number of anilines is 2. The minimum absolute atomic E-state index is 0.284. The number of ether oxygens (including phenoxy) is 3. The molecule has 11 heteroatoms. The summed E-state index contributed by atoms with van der Waals surface area (Å²) < 4.78 is 32.3. The van der Waals surface area contributed by atoms with Crippen LogP contribution in [0.25, 0.3) is 0 Å². The first kappa shape index (κ1) is 27.1. The van der Waals surface area contributed by atoms with Crippen molar-refractivity contribution in [3.05, 3.63) is 94.9 Å². The Kier molecular flexibility index (Phi) is 7.92. The van der Waals surface area contributed by atoms with Crippen molar-refractivity contribution in [2.45, 2.75) is 23.9 Å². The van der Waals surface area contributed by atoms with Crippen molar-refractivity contribution in [1.82, 2.24) is 14.8 Å². The van der Waals surface area contributed by atoms with Crippen LogP contribution in [0.3, 0.4) is 0 Å². The lowest BCUT2D eigenvalue weighted by Gasteiger charge is -2.29. The molecule has 0 aliphatic carbocycles. The van der Waals surface area contributed by atoms with Gasteiger partial charge in [0.15, 0.2) is 11.5 Å². The summed E-state index contributed by atoms with van der Waals surface area (Å²) in [5.41, 5.74) is 2.86. The minimum atomic E-state index is -0.652. The summed E-state index contributed by atoms with van der Waals surface area (Å²) in [6, 6.07) is 18.6. The first-order valence-corrected chi connectivity index (χ1v) is 13.4. The summed E-state index contributed by atoms with van der Waals surface area (Å²) in [6.45, 7) is 1.81. The van der Waals surface area contributed by atoms with Gasteiger partial charge in [0.05, 0.1) is 32.6 Å². The van der Waals surface area contributed by atoms with Crippen LogP contribution in [0.1, 0.15) is 24.1 Å². The number of halogens is 1. The molecule has 0 fully saturated rings. The summed E-state index contributed by atoms with van der Waals surface area (Å²) in [6.07, 6.45) is 0. The van der Waals surface area contributed by atoms with Crippen LogP contribution in [0.4, 0.5) is 16.0 Å². The number of benzene rings is 3. The normalized spacial score (nSPS) is 14.3. The SMILES string of the molecule is COc1ccccc1NC(=O)C1=C(C)Nc2nc(SCc3ccccc3F)nn2C1c1ccc(OC)c(OC)c1. The number of rotatable bonds is 9. The predicted molar refractivity (Wildman–Crippen MR) is 152 cm³/mol. The van der Waals surface area contributed by atoms with Gasteiger partial charge >= 0.3 is 0 Å². The number of carbonyl (C=O) groups excluding carboxylic acids is 1. The molecule has 0 radical (unpaired) electrons. The molecule has 0 bridgehead atoms. The quantitative estimate of drug-likeness (QED) is 0.253. The summed E-state index contributed by atoms with van der Waals surface area (Å²) in [5, 5.41) is 11.4. The van der Waals surface area contributed by atoms with Crippen molar-refractivity contribution in [1.29, 1.82) is 0 Å². The Labute approximate surface area is 235 Å². The lowest BCUT2D eigenvalue weighted by atomic mass is 9.94. The molecule has 40 heavy (non-hydrogen) atoms. The Hall–Kier alpha value is -4.51. The number of carbonyl (C=O) groups is 1. The number of hydrogen-bond acceptors (Lipinski definition) is 8. The molecule has 1 aromatic heterocycles. The van der Waals surface area contributed by atoms with Gasteiger partial charge in [0.25, 0.3) is 5.91 Å². The van der Waals surface area contributed by atoms with Crippen LogP contribution in [0.15, 0.2) is 83.2 Å². The van der Waals surface area contributed by atoms with Gasteiger partial charge in [0.2, 0.25) is 11.1 Å². The van der Waals surface area contributed by atoms with Gasteiger partial charge < -0.3 is 24.8 Å². The second-order valence-electron chi connectivity index (χ2n) is 8.88. The zero-order chi connectivity index (χ0) is 28.2. The number of nitrogens with one attached hydrogen (secondary N) is 2. The van der Waals surface area contributed by atoms with Crippen molar-refractivity contribution >= 4 is 29.3 Å². The highest BCUT2D eigenvalue weighted by Gasteiger charge is 2.35. The Morgan fingerprint density at radius 2 is 1.73 bits per heavy atom. The number of para-hydroxylation sites is 2. The van der Waals surface area contributed by atoms with Crippen molar-refractivity contribution in [3.8, 4) is 17.2 Å². The molecule has 9 nitrogen and oxygen atoms in total.